The Morgan fingerprint density at radius 2 is 2.19 bits per heavy atom. The first-order chi connectivity index (χ1) is 10.2. The molecule has 0 amide bonds. The van der Waals surface area contributed by atoms with Crippen LogP contribution in [-0.4, -0.2) is 47.0 Å². The number of aromatic nitrogens is 3. The third-order valence-corrected chi connectivity index (χ3v) is 4.15. The highest BCUT2D eigenvalue weighted by Crippen LogP contribution is 2.24. The molecule has 3 heterocycles. The summed E-state index contributed by atoms with van der Waals surface area (Å²) in [5, 5.41) is 7.89. The van der Waals surface area contributed by atoms with Gasteiger partial charge in [-0.05, 0) is 25.7 Å². The number of esters is 1. The first-order valence-corrected chi connectivity index (χ1v) is 7.77. The van der Waals surface area contributed by atoms with Crippen LogP contribution in [0.2, 0.25) is 0 Å². The highest BCUT2D eigenvalue weighted by atomic mass is 16.5. The van der Waals surface area contributed by atoms with Crippen molar-refractivity contribution < 1.29 is 9.53 Å². The maximum atomic E-state index is 11.8. The molecular formula is C14H23N5O2. The van der Waals surface area contributed by atoms with Gasteiger partial charge in [-0.2, -0.15) is 4.98 Å². The van der Waals surface area contributed by atoms with Crippen LogP contribution in [0.15, 0.2) is 0 Å². The monoisotopic (exact) mass is 293 g/mol. The highest BCUT2D eigenvalue weighted by Gasteiger charge is 2.28. The van der Waals surface area contributed by atoms with Gasteiger partial charge in [-0.1, -0.05) is 6.92 Å². The molecule has 116 valence electrons. The number of carbonyl (C=O) groups excluding carboxylic acids is 1. The smallest absolute Gasteiger partial charge is 0.309 e. The lowest BCUT2D eigenvalue weighted by molar-refractivity contribution is -0.148. The predicted molar refractivity (Wildman–Crippen MR) is 79.2 cm³/mol. The zero-order valence-electron chi connectivity index (χ0n) is 12.7. The molecule has 0 radical (unpaired) electrons. The van der Waals surface area contributed by atoms with E-state index in [2.05, 4.69) is 27.2 Å². The topological polar surface area (TPSA) is 72.3 Å². The Balaban J connectivity index is 1.61. The molecule has 0 saturated carbocycles. The van der Waals surface area contributed by atoms with Crippen molar-refractivity contribution in [3.8, 4) is 0 Å². The van der Waals surface area contributed by atoms with Crippen LogP contribution in [0.4, 0.5) is 11.9 Å². The number of nitrogens with one attached hydrogen (secondary N) is 1. The van der Waals surface area contributed by atoms with Crippen molar-refractivity contribution in [2.24, 2.45) is 11.8 Å². The molecule has 7 heteroatoms. The maximum Gasteiger partial charge on any atom is 0.309 e. The second-order valence-electron chi connectivity index (χ2n) is 5.92. The summed E-state index contributed by atoms with van der Waals surface area (Å²) >= 11 is 0. The van der Waals surface area contributed by atoms with Crippen molar-refractivity contribution in [1.29, 1.82) is 0 Å². The summed E-state index contributed by atoms with van der Waals surface area (Å²) < 4.78 is 7.04. The molecule has 0 aromatic carbocycles. The highest BCUT2D eigenvalue weighted by molar-refractivity contribution is 5.72. The van der Waals surface area contributed by atoms with E-state index in [0.29, 0.717) is 12.5 Å². The molecule has 3 rings (SSSR count). The number of anilines is 2. The summed E-state index contributed by atoms with van der Waals surface area (Å²) in [6, 6.07) is 0. The molecule has 7 nitrogen and oxygen atoms in total. The molecule has 1 fully saturated rings. The lowest BCUT2D eigenvalue weighted by atomic mass is 9.97. The summed E-state index contributed by atoms with van der Waals surface area (Å²) in [6.07, 6.45) is 1.62. The van der Waals surface area contributed by atoms with Crippen LogP contribution in [-0.2, 0) is 16.1 Å². The molecule has 1 N–H and O–H groups in total. The van der Waals surface area contributed by atoms with Crippen LogP contribution < -0.4 is 10.2 Å². The van der Waals surface area contributed by atoms with E-state index < -0.39 is 0 Å². The van der Waals surface area contributed by atoms with Crippen molar-refractivity contribution in [3.63, 3.8) is 0 Å². The van der Waals surface area contributed by atoms with E-state index in [0.717, 1.165) is 50.9 Å². The van der Waals surface area contributed by atoms with E-state index in [9.17, 15) is 4.79 Å². The molecule has 0 bridgehead atoms. The molecule has 0 spiro atoms. The predicted octanol–water partition coefficient (Wildman–Crippen LogP) is 1.12. The van der Waals surface area contributed by atoms with Gasteiger partial charge in [-0.25, -0.2) is 4.68 Å². The van der Waals surface area contributed by atoms with E-state index in [4.69, 9.17) is 4.74 Å². The van der Waals surface area contributed by atoms with Crippen molar-refractivity contribution >= 4 is 17.9 Å². The third kappa shape index (κ3) is 2.96. The Hall–Kier alpha value is -1.79. The molecule has 1 aromatic rings. The largest absolute Gasteiger partial charge is 0.466 e. The summed E-state index contributed by atoms with van der Waals surface area (Å²) in [4.78, 5) is 18.5. The summed E-state index contributed by atoms with van der Waals surface area (Å²) in [6.45, 7) is 7.98. The Bertz CT molecular complexity index is 507. The maximum absolute atomic E-state index is 11.8. The first kappa shape index (κ1) is 14.2. The van der Waals surface area contributed by atoms with E-state index in [1.54, 1.807) is 0 Å². The van der Waals surface area contributed by atoms with Gasteiger partial charge in [0.15, 0.2) is 0 Å². The van der Waals surface area contributed by atoms with Gasteiger partial charge < -0.3 is 15.0 Å². The average Bonchev–Trinajstić information content (AvgIpc) is 2.90. The summed E-state index contributed by atoms with van der Waals surface area (Å²) in [5.74, 6) is 2.16. The van der Waals surface area contributed by atoms with Crippen LogP contribution in [0.3, 0.4) is 0 Å². The first-order valence-electron chi connectivity index (χ1n) is 7.77. The Morgan fingerprint density at radius 1 is 1.43 bits per heavy atom. The van der Waals surface area contributed by atoms with Gasteiger partial charge in [0.1, 0.15) is 0 Å². The van der Waals surface area contributed by atoms with Crippen molar-refractivity contribution in [1.82, 2.24) is 14.8 Å². The molecular weight excluding hydrogens is 270 g/mol. The Labute approximate surface area is 124 Å². The van der Waals surface area contributed by atoms with Gasteiger partial charge in [-0.3, -0.25) is 4.79 Å². The number of rotatable bonds is 3. The van der Waals surface area contributed by atoms with Crippen molar-refractivity contribution in [2.75, 3.05) is 36.5 Å². The normalized spacial score (nSPS) is 22.6. The SMILES string of the molecule is CCOC(=O)C1CCN(c2nc3n(n2)CC(C)CN3)CC1. The standard InChI is InChI=1S/C14H23N5O2/c1-3-21-12(20)11-4-6-18(7-5-11)14-16-13-15-8-10(2)9-19(13)17-14/h10-11H,3-9H2,1-2H3,(H,15,16,17). The fraction of sp³-hybridized carbons (Fsp3) is 0.786. The molecule has 2 aliphatic rings. The number of hydrogen-bond donors (Lipinski definition) is 1. The van der Waals surface area contributed by atoms with E-state index in [1.165, 1.54) is 0 Å². The molecule has 1 atom stereocenters. The average molecular weight is 293 g/mol. The van der Waals surface area contributed by atoms with Gasteiger partial charge in [0.05, 0.1) is 12.5 Å². The zero-order chi connectivity index (χ0) is 14.8. The fourth-order valence-electron chi connectivity index (χ4n) is 2.92. The minimum absolute atomic E-state index is 0.0246. The van der Waals surface area contributed by atoms with Crippen molar-refractivity contribution in [3.05, 3.63) is 0 Å². The van der Waals surface area contributed by atoms with Gasteiger partial charge in [0.2, 0.25) is 11.9 Å². The molecule has 1 saturated heterocycles. The second-order valence-corrected chi connectivity index (χ2v) is 5.92. The lowest BCUT2D eigenvalue weighted by Crippen LogP contribution is -2.37. The number of piperidine rings is 1. The minimum atomic E-state index is -0.0651. The Kier molecular flexibility index (Phi) is 3.98. The fourth-order valence-corrected chi connectivity index (χ4v) is 2.92. The van der Waals surface area contributed by atoms with Gasteiger partial charge >= 0.3 is 5.97 Å². The molecule has 1 aromatic heterocycles. The minimum Gasteiger partial charge on any atom is -0.466 e. The number of carbonyl (C=O) groups is 1. The number of hydrogen-bond acceptors (Lipinski definition) is 6. The number of ether oxygens (including phenoxy) is 1. The second kappa shape index (κ2) is 5.91. The number of nitrogens with zero attached hydrogens (tertiary/aromatic N) is 4. The number of fused-ring (bicyclic) bond motifs is 1. The Morgan fingerprint density at radius 3 is 2.90 bits per heavy atom. The quantitative estimate of drug-likeness (QED) is 0.842. The molecule has 2 aliphatic heterocycles. The van der Waals surface area contributed by atoms with Crippen LogP contribution in [0.25, 0.3) is 0 Å². The van der Waals surface area contributed by atoms with E-state index in [1.807, 2.05) is 11.6 Å². The van der Waals surface area contributed by atoms with Crippen LogP contribution in [0.5, 0.6) is 0 Å². The molecule has 1 unspecified atom stereocenters. The van der Waals surface area contributed by atoms with Crippen LogP contribution in [0, 0.1) is 11.8 Å². The molecule has 0 aliphatic carbocycles. The van der Waals surface area contributed by atoms with Crippen molar-refractivity contribution in [2.45, 2.75) is 33.2 Å². The van der Waals surface area contributed by atoms with Gasteiger partial charge in [0.25, 0.3) is 0 Å². The van der Waals surface area contributed by atoms with E-state index >= 15 is 0 Å². The summed E-state index contributed by atoms with van der Waals surface area (Å²) in [7, 11) is 0. The third-order valence-electron chi connectivity index (χ3n) is 4.15. The summed E-state index contributed by atoms with van der Waals surface area (Å²) in [5.41, 5.74) is 0. The van der Waals surface area contributed by atoms with E-state index in [-0.39, 0.29) is 11.9 Å². The zero-order valence-corrected chi connectivity index (χ0v) is 12.7. The van der Waals surface area contributed by atoms with Gasteiger partial charge in [-0.15, -0.1) is 5.10 Å². The van der Waals surface area contributed by atoms with Crippen LogP contribution in [0.1, 0.15) is 26.7 Å². The lowest BCUT2D eigenvalue weighted by Gasteiger charge is -2.29. The van der Waals surface area contributed by atoms with Gasteiger partial charge in [0, 0.05) is 26.2 Å². The molecule has 21 heavy (non-hydrogen) atoms. The van der Waals surface area contributed by atoms with Crippen LogP contribution >= 0.6 is 0 Å².